The third-order valence-corrected chi connectivity index (χ3v) is 3.66. The van der Waals surface area contributed by atoms with Crippen molar-refractivity contribution in [2.24, 2.45) is 0 Å². The lowest BCUT2D eigenvalue weighted by atomic mass is 9.78. The van der Waals surface area contributed by atoms with Crippen LogP contribution in [0.15, 0.2) is 48.5 Å². The molecule has 2 nitrogen and oxygen atoms in total. The van der Waals surface area contributed by atoms with Crippen LogP contribution < -0.4 is 4.74 Å². The summed E-state index contributed by atoms with van der Waals surface area (Å²) in [6, 6.07) is 14.9. The number of Topliss-reactive ketones (excluding diaryl/α,β-unsaturated/α-hetero) is 1. The normalized spacial score (nSPS) is 17.9. The molecule has 0 aromatic heterocycles. The molecule has 2 aromatic rings. The second kappa shape index (κ2) is 5.06. The predicted molar refractivity (Wildman–Crippen MR) is 75.0 cm³/mol. The van der Waals surface area contributed by atoms with Crippen molar-refractivity contribution in [1.29, 1.82) is 0 Å². The number of hydrogen-bond donors (Lipinski definition) is 0. The second-order valence-electron chi connectivity index (χ2n) is 4.65. The van der Waals surface area contributed by atoms with Gasteiger partial charge < -0.3 is 4.74 Å². The summed E-state index contributed by atoms with van der Waals surface area (Å²) in [6.07, 6.45) is 1.60. The molecule has 96 valence electrons. The molecular weight excluding hydrogens is 260 g/mol. The van der Waals surface area contributed by atoms with Gasteiger partial charge in [-0.3, -0.25) is 4.79 Å². The van der Waals surface area contributed by atoms with E-state index >= 15 is 0 Å². The fourth-order valence-corrected chi connectivity index (χ4v) is 2.35. The smallest absolute Gasteiger partial charge is 0.140 e. The molecule has 0 heterocycles. The first kappa shape index (κ1) is 12.2. The van der Waals surface area contributed by atoms with E-state index in [1.54, 1.807) is 12.1 Å². The number of rotatable bonds is 3. The summed E-state index contributed by atoms with van der Waals surface area (Å²) < 4.78 is 5.86. The summed E-state index contributed by atoms with van der Waals surface area (Å²) in [5.74, 6) is 1.78. The van der Waals surface area contributed by atoms with Gasteiger partial charge in [-0.2, -0.15) is 0 Å². The molecule has 19 heavy (non-hydrogen) atoms. The minimum atomic E-state index is 0.00324. The molecule has 0 N–H and O–H groups in total. The van der Waals surface area contributed by atoms with E-state index in [0.29, 0.717) is 17.2 Å². The number of carbonyl (C=O) groups excluding carboxylic acids is 1. The Morgan fingerprint density at radius 2 is 1.79 bits per heavy atom. The topological polar surface area (TPSA) is 26.3 Å². The molecular formula is C16H13ClO2. The maximum absolute atomic E-state index is 11.6. The van der Waals surface area contributed by atoms with E-state index in [9.17, 15) is 4.79 Å². The van der Waals surface area contributed by atoms with Crippen LogP contribution in [-0.2, 0) is 4.79 Å². The highest BCUT2D eigenvalue weighted by Crippen LogP contribution is 2.39. The van der Waals surface area contributed by atoms with Gasteiger partial charge in [-0.25, -0.2) is 0 Å². The molecule has 1 aliphatic rings. The lowest BCUT2D eigenvalue weighted by molar-refractivity contribution is -0.125. The number of para-hydroxylation sites is 1. The zero-order chi connectivity index (χ0) is 13.2. The largest absolute Gasteiger partial charge is 0.457 e. The van der Waals surface area contributed by atoms with Crippen LogP contribution in [-0.4, -0.2) is 5.78 Å². The van der Waals surface area contributed by atoms with Gasteiger partial charge in [0.15, 0.2) is 0 Å². The molecule has 0 amide bonds. The van der Waals surface area contributed by atoms with Crippen LogP contribution in [0.1, 0.15) is 24.3 Å². The Bertz CT molecular complexity index is 604. The molecule has 0 radical (unpaired) electrons. The lowest BCUT2D eigenvalue weighted by Crippen LogP contribution is -2.23. The third kappa shape index (κ3) is 2.49. The van der Waals surface area contributed by atoms with Crippen LogP contribution in [0.2, 0.25) is 5.02 Å². The van der Waals surface area contributed by atoms with Crippen molar-refractivity contribution in [3.63, 3.8) is 0 Å². The number of ketones is 1. The van der Waals surface area contributed by atoms with Crippen molar-refractivity contribution in [3.8, 4) is 11.5 Å². The van der Waals surface area contributed by atoms with Crippen molar-refractivity contribution in [3.05, 3.63) is 59.1 Å². The maximum atomic E-state index is 11.6. The summed E-state index contributed by atoms with van der Waals surface area (Å²) in [5, 5.41) is 0.676. The Morgan fingerprint density at radius 1 is 1.05 bits per heavy atom. The van der Waals surface area contributed by atoms with Crippen LogP contribution in [0.3, 0.4) is 0 Å². The number of ether oxygens (including phenoxy) is 1. The standard InChI is InChI=1S/C16H13ClO2/c17-11-5-7-12(8-6-11)19-16-4-2-1-3-14(16)13-9-10-15(13)18/h1-8,13H,9-10H2. The van der Waals surface area contributed by atoms with E-state index in [1.165, 1.54) is 0 Å². The molecule has 1 atom stereocenters. The van der Waals surface area contributed by atoms with E-state index in [4.69, 9.17) is 16.3 Å². The first-order valence-corrected chi connectivity index (χ1v) is 6.67. The molecule has 2 aromatic carbocycles. The molecule has 1 unspecified atom stereocenters. The first-order valence-electron chi connectivity index (χ1n) is 6.29. The summed E-state index contributed by atoms with van der Waals surface area (Å²) in [6.45, 7) is 0. The van der Waals surface area contributed by atoms with Gasteiger partial charge in [-0.05, 0) is 36.8 Å². The fourth-order valence-electron chi connectivity index (χ4n) is 2.23. The average molecular weight is 273 g/mol. The van der Waals surface area contributed by atoms with E-state index in [1.807, 2.05) is 36.4 Å². The average Bonchev–Trinajstić information content (AvgIpc) is 2.42. The maximum Gasteiger partial charge on any atom is 0.140 e. The zero-order valence-electron chi connectivity index (χ0n) is 10.3. The van der Waals surface area contributed by atoms with Crippen molar-refractivity contribution >= 4 is 17.4 Å². The van der Waals surface area contributed by atoms with Gasteiger partial charge in [0.1, 0.15) is 17.3 Å². The Labute approximate surface area is 117 Å². The van der Waals surface area contributed by atoms with E-state index < -0.39 is 0 Å². The van der Waals surface area contributed by atoms with Gasteiger partial charge in [0.05, 0.1) is 0 Å². The van der Waals surface area contributed by atoms with Crippen LogP contribution in [0, 0.1) is 0 Å². The Kier molecular flexibility index (Phi) is 3.26. The zero-order valence-corrected chi connectivity index (χ0v) is 11.1. The molecule has 1 aliphatic carbocycles. The minimum absolute atomic E-state index is 0.00324. The van der Waals surface area contributed by atoms with Gasteiger partial charge in [0.25, 0.3) is 0 Å². The summed E-state index contributed by atoms with van der Waals surface area (Å²) >= 11 is 5.85. The molecule has 1 saturated carbocycles. The molecule has 0 aliphatic heterocycles. The van der Waals surface area contributed by atoms with Gasteiger partial charge in [0.2, 0.25) is 0 Å². The van der Waals surface area contributed by atoms with E-state index in [0.717, 1.165) is 23.5 Å². The predicted octanol–water partition coefficient (Wildman–Crippen LogP) is 4.58. The minimum Gasteiger partial charge on any atom is -0.457 e. The van der Waals surface area contributed by atoms with Gasteiger partial charge in [-0.1, -0.05) is 29.8 Å². The van der Waals surface area contributed by atoms with Crippen molar-refractivity contribution in [1.82, 2.24) is 0 Å². The highest BCUT2D eigenvalue weighted by Gasteiger charge is 2.31. The van der Waals surface area contributed by atoms with Crippen LogP contribution in [0.4, 0.5) is 0 Å². The van der Waals surface area contributed by atoms with Crippen molar-refractivity contribution in [2.45, 2.75) is 18.8 Å². The number of halogens is 1. The van der Waals surface area contributed by atoms with Crippen LogP contribution >= 0.6 is 11.6 Å². The number of benzene rings is 2. The highest BCUT2D eigenvalue weighted by molar-refractivity contribution is 6.30. The summed E-state index contributed by atoms with van der Waals surface area (Å²) in [4.78, 5) is 11.6. The van der Waals surface area contributed by atoms with Crippen molar-refractivity contribution in [2.75, 3.05) is 0 Å². The quantitative estimate of drug-likeness (QED) is 0.817. The Hall–Kier alpha value is -1.80. The molecule has 0 bridgehead atoms. The molecule has 3 rings (SSSR count). The van der Waals surface area contributed by atoms with Crippen LogP contribution in [0.5, 0.6) is 11.5 Å². The lowest BCUT2D eigenvalue weighted by Gasteiger charge is -2.26. The summed E-state index contributed by atoms with van der Waals surface area (Å²) in [5.41, 5.74) is 0.980. The fraction of sp³-hybridized carbons (Fsp3) is 0.188. The van der Waals surface area contributed by atoms with Crippen molar-refractivity contribution < 1.29 is 9.53 Å². The monoisotopic (exact) mass is 272 g/mol. The number of carbonyl (C=O) groups is 1. The third-order valence-electron chi connectivity index (χ3n) is 3.40. The Morgan fingerprint density at radius 3 is 2.42 bits per heavy atom. The van der Waals surface area contributed by atoms with Gasteiger partial charge >= 0.3 is 0 Å². The van der Waals surface area contributed by atoms with Crippen LogP contribution in [0.25, 0.3) is 0 Å². The molecule has 0 saturated heterocycles. The molecule has 1 fully saturated rings. The van der Waals surface area contributed by atoms with Gasteiger partial charge in [-0.15, -0.1) is 0 Å². The second-order valence-corrected chi connectivity index (χ2v) is 5.09. The van der Waals surface area contributed by atoms with E-state index in [-0.39, 0.29) is 5.92 Å². The SMILES string of the molecule is O=C1CCC1c1ccccc1Oc1ccc(Cl)cc1. The first-order chi connectivity index (χ1) is 9.24. The highest BCUT2D eigenvalue weighted by atomic mass is 35.5. The number of hydrogen-bond acceptors (Lipinski definition) is 2. The van der Waals surface area contributed by atoms with E-state index in [2.05, 4.69) is 0 Å². The molecule has 3 heteroatoms. The Balaban J connectivity index is 1.88. The molecule has 0 spiro atoms. The summed E-state index contributed by atoms with van der Waals surface area (Å²) in [7, 11) is 0. The van der Waals surface area contributed by atoms with Gasteiger partial charge in [0, 0.05) is 22.9 Å².